The molecule has 0 saturated carbocycles. The molecule has 1 amide bonds. The molecule has 0 aliphatic carbocycles. The monoisotopic (exact) mass is 459 g/mol. The van der Waals surface area contributed by atoms with E-state index in [0.717, 1.165) is 35.5 Å². The molecule has 7 nitrogen and oxygen atoms in total. The molecular weight excluding hydrogens is 434 g/mol. The van der Waals surface area contributed by atoms with Gasteiger partial charge in [0.05, 0.1) is 23.7 Å². The van der Waals surface area contributed by atoms with Crippen molar-refractivity contribution in [3.63, 3.8) is 0 Å². The van der Waals surface area contributed by atoms with E-state index in [2.05, 4.69) is 21.0 Å². The fourth-order valence-corrected chi connectivity index (χ4v) is 4.95. The molecule has 1 aromatic carbocycles. The molecule has 0 spiro atoms. The predicted octanol–water partition coefficient (Wildman–Crippen LogP) is 4.01. The number of carbonyl (C=O) groups is 2. The fraction of sp³-hybridized carbons (Fsp3) is 0.280. The highest BCUT2D eigenvalue weighted by molar-refractivity contribution is 7.09. The van der Waals surface area contributed by atoms with E-state index in [1.807, 2.05) is 58.3 Å². The van der Waals surface area contributed by atoms with Crippen molar-refractivity contribution in [1.82, 2.24) is 19.7 Å². The minimum Gasteiger partial charge on any atom is -0.368 e. The summed E-state index contributed by atoms with van der Waals surface area (Å²) < 4.78 is 1.87. The van der Waals surface area contributed by atoms with Gasteiger partial charge in [0.2, 0.25) is 0 Å². The number of hydrogen-bond donors (Lipinski definition) is 0. The number of Topliss-reactive ketones (excluding diaryl/α,β-unsaturated/α-hetero) is 1. The molecule has 8 heteroatoms. The lowest BCUT2D eigenvalue weighted by molar-refractivity contribution is 0.0748. The number of carbonyl (C=O) groups excluding carboxylic acids is 2. The molecule has 1 aliphatic heterocycles. The number of hydrogen-bond acceptors (Lipinski definition) is 6. The Morgan fingerprint density at radius 2 is 1.82 bits per heavy atom. The van der Waals surface area contributed by atoms with E-state index in [1.54, 1.807) is 24.5 Å². The molecule has 1 saturated heterocycles. The van der Waals surface area contributed by atoms with Gasteiger partial charge in [-0.05, 0) is 55.6 Å². The maximum absolute atomic E-state index is 13.5. The van der Waals surface area contributed by atoms with Crippen LogP contribution < -0.4 is 4.90 Å². The Kier molecular flexibility index (Phi) is 5.68. The van der Waals surface area contributed by atoms with Crippen molar-refractivity contribution in [2.75, 3.05) is 31.1 Å². The minimum absolute atomic E-state index is 0.0211. The number of rotatable bonds is 5. The number of aromatic nitrogens is 3. The second kappa shape index (κ2) is 8.78. The second-order valence-electron chi connectivity index (χ2n) is 8.31. The van der Waals surface area contributed by atoms with E-state index >= 15 is 0 Å². The number of anilines is 1. The minimum atomic E-state index is 0.0211. The van der Waals surface area contributed by atoms with Gasteiger partial charge in [-0.2, -0.15) is 5.10 Å². The summed E-state index contributed by atoms with van der Waals surface area (Å²) in [4.78, 5) is 35.0. The van der Waals surface area contributed by atoms with Crippen LogP contribution >= 0.6 is 11.3 Å². The van der Waals surface area contributed by atoms with Gasteiger partial charge in [-0.25, -0.2) is 9.67 Å². The Hall–Kier alpha value is -3.52. The molecule has 1 fully saturated rings. The molecule has 0 bridgehead atoms. The predicted molar refractivity (Wildman–Crippen MR) is 130 cm³/mol. The van der Waals surface area contributed by atoms with Crippen LogP contribution in [0.4, 0.5) is 5.69 Å². The first kappa shape index (κ1) is 21.3. The third kappa shape index (κ3) is 4.26. The summed E-state index contributed by atoms with van der Waals surface area (Å²) in [6.07, 6.45) is 1.76. The van der Waals surface area contributed by atoms with Crippen LogP contribution in [0.25, 0.3) is 11.0 Å². The van der Waals surface area contributed by atoms with E-state index in [0.29, 0.717) is 30.8 Å². The smallest absolute Gasteiger partial charge is 0.254 e. The van der Waals surface area contributed by atoms with Crippen LogP contribution in [-0.4, -0.2) is 57.5 Å². The zero-order valence-corrected chi connectivity index (χ0v) is 19.5. The van der Waals surface area contributed by atoms with Crippen LogP contribution in [0, 0.1) is 6.92 Å². The van der Waals surface area contributed by atoms with E-state index in [1.165, 1.54) is 4.88 Å². The molecule has 0 atom stereocenters. The van der Waals surface area contributed by atoms with Gasteiger partial charge in [0, 0.05) is 48.0 Å². The number of piperazine rings is 1. The summed E-state index contributed by atoms with van der Waals surface area (Å²) in [6.45, 7) is 6.90. The van der Waals surface area contributed by atoms with Gasteiger partial charge >= 0.3 is 0 Å². The van der Waals surface area contributed by atoms with Gasteiger partial charge in [-0.3, -0.25) is 9.59 Å². The Labute approximate surface area is 196 Å². The number of amides is 1. The molecule has 4 heterocycles. The topological polar surface area (TPSA) is 71.3 Å². The molecule has 168 valence electrons. The number of ketones is 1. The highest BCUT2D eigenvalue weighted by atomic mass is 32.1. The quantitative estimate of drug-likeness (QED) is 0.422. The maximum Gasteiger partial charge on any atom is 0.254 e. The van der Waals surface area contributed by atoms with Crippen molar-refractivity contribution >= 4 is 39.7 Å². The number of thiophene rings is 1. The Morgan fingerprint density at radius 1 is 1.06 bits per heavy atom. The number of nitrogens with zero attached hydrogens (tertiary/aromatic N) is 5. The summed E-state index contributed by atoms with van der Waals surface area (Å²) in [5.41, 5.74) is 4.00. The van der Waals surface area contributed by atoms with E-state index in [9.17, 15) is 9.59 Å². The maximum atomic E-state index is 13.5. The summed E-state index contributed by atoms with van der Waals surface area (Å²) in [5, 5.41) is 7.37. The molecule has 3 aromatic heterocycles. The van der Waals surface area contributed by atoms with E-state index in [4.69, 9.17) is 0 Å². The standard InChI is InChI=1S/C25H25N5O2S/c1-17-14-22(23-15-26-30(24(23)27-17)16-21-4-3-13-33-21)25(32)29-11-9-28(10-12-29)20-7-5-19(6-8-20)18(2)31/h3-8,13-15H,9-12,16H2,1-2H3. The normalized spacial score (nSPS) is 14.1. The van der Waals surface area contributed by atoms with Gasteiger partial charge in [-0.15, -0.1) is 11.3 Å². The first-order valence-electron chi connectivity index (χ1n) is 11.0. The van der Waals surface area contributed by atoms with Crippen LogP contribution in [0.2, 0.25) is 0 Å². The van der Waals surface area contributed by atoms with E-state index < -0.39 is 0 Å². The lowest BCUT2D eigenvalue weighted by Gasteiger charge is -2.36. The number of aryl methyl sites for hydroxylation is 1. The SMILES string of the molecule is CC(=O)c1ccc(N2CCN(C(=O)c3cc(C)nc4c3cnn4Cc3cccs3)CC2)cc1. The molecular formula is C25H25N5O2S. The van der Waals surface area contributed by atoms with Crippen molar-refractivity contribution in [1.29, 1.82) is 0 Å². The number of pyridine rings is 1. The molecule has 5 rings (SSSR count). The zero-order valence-electron chi connectivity index (χ0n) is 18.7. The third-order valence-corrected chi connectivity index (χ3v) is 6.92. The molecule has 1 aliphatic rings. The van der Waals surface area contributed by atoms with Crippen LogP contribution in [0.5, 0.6) is 0 Å². The van der Waals surface area contributed by atoms with Crippen molar-refractivity contribution < 1.29 is 9.59 Å². The average Bonchev–Trinajstić information content (AvgIpc) is 3.49. The molecule has 0 N–H and O–H groups in total. The average molecular weight is 460 g/mol. The van der Waals surface area contributed by atoms with Gasteiger partial charge < -0.3 is 9.80 Å². The fourth-order valence-electron chi connectivity index (χ4n) is 4.26. The van der Waals surface area contributed by atoms with Crippen LogP contribution in [0.15, 0.2) is 54.0 Å². The van der Waals surface area contributed by atoms with Gasteiger partial charge in [0.1, 0.15) is 0 Å². The van der Waals surface area contributed by atoms with E-state index in [-0.39, 0.29) is 11.7 Å². The number of fused-ring (bicyclic) bond motifs is 1. The molecule has 0 radical (unpaired) electrons. The first-order valence-corrected chi connectivity index (χ1v) is 11.9. The molecule has 4 aromatic rings. The largest absolute Gasteiger partial charge is 0.368 e. The van der Waals surface area contributed by atoms with Gasteiger partial charge in [0.25, 0.3) is 5.91 Å². The number of benzene rings is 1. The van der Waals surface area contributed by atoms with Gasteiger partial charge in [-0.1, -0.05) is 6.07 Å². The Morgan fingerprint density at radius 3 is 2.48 bits per heavy atom. The van der Waals surface area contributed by atoms with Crippen molar-refractivity contribution in [2.45, 2.75) is 20.4 Å². The van der Waals surface area contributed by atoms with Crippen LogP contribution in [0.3, 0.4) is 0 Å². The third-order valence-electron chi connectivity index (χ3n) is 6.06. The second-order valence-corrected chi connectivity index (χ2v) is 9.34. The molecule has 0 unspecified atom stereocenters. The Balaban J connectivity index is 1.33. The van der Waals surface area contributed by atoms with Crippen molar-refractivity contribution in [3.8, 4) is 0 Å². The summed E-state index contributed by atoms with van der Waals surface area (Å²) in [5.74, 6) is 0.0855. The van der Waals surface area contributed by atoms with Crippen molar-refractivity contribution in [2.24, 2.45) is 0 Å². The Bertz CT molecular complexity index is 1300. The highest BCUT2D eigenvalue weighted by Gasteiger charge is 2.25. The lowest BCUT2D eigenvalue weighted by Crippen LogP contribution is -2.48. The van der Waals surface area contributed by atoms with Gasteiger partial charge in [0.15, 0.2) is 11.4 Å². The van der Waals surface area contributed by atoms with Crippen LogP contribution in [0.1, 0.15) is 38.2 Å². The summed E-state index contributed by atoms with van der Waals surface area (Å²) >= 11 is 1.68. The van der Waals surface area contributed by atoms with Crippen LogP contribution in [-0.2, 0) is 6.54 Å². The highest BCUT2D eigenvalue weighted by Crippen LogP contribution is 2.23. The van der Waals surface area contributed by atoms with Crippen molar-refractivity contribution in [3.05, 3.63) is 75.7 Å². The lowest BCUT2D eigenvalue weighted by atomic mass is 10.1. The summed E-state index contributed by atoms with van der Waals surface area (Å²) in [7, 11) is 0. The first-order chi connectivity index (χ1) is 16.0. The summed E-state index contributed by atoms with van der Waals surface area (Å²) in [6, 6.07) is 13.6. The molecule has 33 heavy (non-hydrogen) atoms. The zero-order chi connectivity index (χ0) is 22.9.